The molecule has 2 aliphatic heterocycles. The molecule has 1 aromatic rings. The van der Waals surface area contributed by atoms with Crippen molar-refractivity contribution in [2.75, 3.05) is 32.7 Å². The van der Waals surface area contributed by atoms with E-state index in [1.807, 2.05) is 42.5 Å². The molecule has 1 aliphatic carbocycles. The van der Waals surface area contributed by atoms with Crippen LogP contribution in [-0.4, -0.2) is 76.5 Å². The summed E-state index contributed by atoms with van der Waals surface area (Å²) in [5.41, 5.74) is 8.62. The van der Waals surface area contributed by atoms with E-state index < -0.39 is 23.1 Å². The first kappa shape index (κ1) is 30.2. The van der Waals surface area contributed by atoms with E-state index in [4.69, 9.17) is 17.3 Å². The van der Waals surface area contributed by atoms with Crippen molar-refractivity contribution in [3.05, 3.63) is 70.3 Å². The quantitative estimate of drug-likeness (QED) is 0.366. The highest BCUT2D eigenvalue weighted by Gasteiger charge is 2.41. The third-order valence-corrected chi connectivity index (χ3v) is 8.97. The lowest BCUT2D eigenvalue weighted by molar-refractivity contribution is -0.150. The summed E-state index contributed by atoms with van der Waals surface area (Å²) in [6, 6.07) is 7.70. The molecule has 11 heteroatoms. The van der Waals surface area contributed by atoms with E-state index in [0.717, 1.165) is 36.0 Å². The molecule has 216 valence electrons. The van der Waals surface area contributed by atoms with Gasteiger partial charge in [0.05, 0.1) is 23.2 Å². The second-order valence-electron chi connectivity index (χ2n) is 10.3. The number of likely N-dealkylation sites (tertiary alicyclic amines) is 2. The van der Waals surface area contributed by atoms with Crippen LogP contribution in [0.2, 0.25) is 0 Å². The molecule has 9 nitrogen and oxygen atoms in total. The van der Waals surface area contributed by atoms with Gasteiger partial charge in [-0.05, 0) is 54.9 Å². The van der Waals surface area contributed by atoms with Crippen LogP contribution in [-0.2, 0) is 31.1 Å². The molecule has 0 bridgehead atoms. The molecule has 3 atom stereocenters. The predicted octanol–water partition coefficient (Wildman–Crippen LogP) is 2.27. The molecule has 0 spiro atoms. The van der Waals surface area contributed by atoms with Crippen molar-refractivity contribution in [3.8, 4) is 0 Å². The fourth-order valence-electron chi connectivity index (χ4n) is 5.10. The lowest BCUT2D eigenvalue weighted by Crippen LogP contribution is -2.62. The Kier molecular flexibility index (Phi) is 11.1. The summed E-state index contributed by atoms with van der Waals surface area (Å²) in [6.45, 7) is 2.35. The molecule has 4 N–H and O–H groups in total. The van der Waals surface area contributed by atoms with Gasteiger partial charge in [-0.15, -0.1) is 0 Å². The Bertz CT molecular complexity index is 1200. The number of hydrogen-bond donors (Lipinski definition) is 3. The number of halogens is 1. The summed E-state index contributed by atoms with van der Waals surface area (Å²) < 4.78 is 15.9. The van der Waals surface area contributed by atoms with Gasteiger partial charge in [-0.3, -0.25) is 14.4 Å². The zero-order valence-corrected chi connectivity index (χ0v) is 24.2. The normalized spacial score (nSPS) is 20.8. The Morgan fingerprint density at radius 3 is 2.50 bits per heavy atom. The Hall–Kier alpha value is -2.79. The lowest BCUT2D eigenvalue weighted by atomic mass is 9.99. The van der Waals surface area contributed by atoms with E-state index in [1.54, 1.807) is 11.0 Å². The maximum Gasteiger partial charge on any atom is 0.243 e. The third-order valence-electron chi connectivity index (χ3n) is 7.54. The fraction of sp³-hybridized carbons (Fsp3) is 0.483. The number of nitrogens with one attached hydrogen (secondary N) is 2. The van der Waals surface area contributed by atoms with Gasteiger partial charge in [-0.2, -0.15) is 0 Å². The largest absolute Gasteiger partial charge is 0.351 e. The summed E-state index contributed by atoms with van der Waals surface area (Å²) in [6.07, 6.45) is 9.46. The number of benzene rings is 1. The summed E-state index contributed by atoms with van der Waals surface area (Å²) in [5, 5.41) is 3.56. The zero-order valence-electron chi connectivity index (χ0n) is 22.6. The summed E-state index contributed by atoms with van der Waals surface area (Å²) in [4.78, 5) is 43.1. The molecule has 3 aliphatic rings. The van der Waals surface area contributed by atoms with E-state index in [1.165, 1.54) is 4.90 Å². The van der Waals surface area contributed by atoms with E-state index in [-0.39, 0.29) is 29.9 Å². The average Bonchev–Trinajstić information content (AvgIpc) is 3.12. The van der Waals surface area contributed by atoms with E-state index >= 15 is 0 Å². The first-order chi connectivity index (χ1) is 19.4. The Labute approximate surface area is 243 Å². The minimum atomic E-state index is -1.59. The first-order valence-electron chi connectivity index (χ1n) is 13.8. The molecule has 0 aromatic heterocycles. The highest BCUT2D eigenvalue weighted by Crippen LogP contribution is 2.22. The Morgan fingerprint density at radius 2 is 1.82 bits per heavy atom. The van der Waals surface area contributed by atoms with Crippen LogP contribution in [0.15, 0.2) is 64.7 Å². The molecule has 1 aromatic carbocycles. The van der Waals surface area contributed by atoms with Crippen molar-refractivity contribution in [3.63, 3.8) is 0 Å². The van der Waals surface area contributed by atoms with Crippen molar-refractivity contribution in [1.29, 1.82) is 0 Å². The number of nitrogens with two attached hydrogens (primary N) is 1. The molecule has 3 amide bonds. The van der Waals surface area contributed by atoms with Gasteiger partial charge in [0, 0.05) is 37.8 Å². The van der Waals surface area contributed by atoms with Crippen LogP contribution < -0.4 is 15.8 Å². The minimum absolute atomic E-state index is 0.101. The van der Waals surface area contributed by atoms with E-state index in [2.05, 4.69) is 10.0 Å². The Balaban J connectivity index is 1.41. The highest BCUT2D eigenvalue weighted by molar-refractivity contribution is 7.82. The number of carbonyl (C=O) groups excluding carboxylic acids is 3. The van der Waals surface area contributed by atoms with Gasteiger partial charge in [0.25, 0.3) is 0 Å². The van der Waals surface area contributed by atoms with Crippen molar-refractivity contribution >= 4 is 40.3 Å². The van der Waals surface area contributed by atoms with Crippen LogP contribution >= 0.6 is 11.6 Å². The average molecular weight is 588 g/mol. The second kappa shape index (κ2) is 14.7. The molecular formula is C29H38ClN5O4S. The summed E-state index contributed by atoms with van der Waals surface area (Å²) in [5.74, 6) is -0.582. The van der Waals surface area contributed by atoms with Gasteiger partial charge in [0.2, 0.25) is 17.7 Å². The predicted molar refractivity (Wildman–Crippen MR) is 157 cm³/mol. The van der Waals surface area contributed by atoms with Crippen LogP contribution in [0.1, 0.15) is 44.1 Å². The van der Waals surface area contributed by atoms with Crippen LogP contribution in [0.5, 0.6) is 0 Å². The number of hydrogen-bond acceptors (Lipinski definition) is 5. The van der Waals surface area contributed by atoms with Crippen LogP contribution in [0.25, 0.3) is 0 Å². The van der Waals surface area contributed by atoms with Crippen molar-refractivity contribution < 1.29 is 18.6 Å². The van der Waals surface area contributed by atoms with Gasteiger partial charge >= 0.3 is 0 Å². The monoisotopic (exact) mass is 587 g/mol. The van der Waals surface area contributed by atoms with Crippen molar-refractivity contribution in [2.45, 2.75) is 56.4 Å². The molecule has 2 fully saturated rings. The standard InChI is InChI=1S/C29H38ClN5O4S/c30-24-11-9-22(18-31)23(10-12-24)19-32-28(37)26-13-16-35(26)29(38)25(17-27(36)34-14-5-2-6-15-34)33-40(39)20-21-7-3-1-4-8-21/h1,3-4,7-9,11-12,25-26,33H,2,5-6,10,13-20,31H2,(H,32,37)/t25-,26+,40?/m1/s1. The third kappa shape index (κ3) is 8.13. The van der Waals surface area contributed by atoms with Gasteiger partial charge in [-0.25, -0.2) is 8.93 Å². The molecule has 4 rings (SSSR count). The molecular weight excluding hydrogens is 550 g/mol. The molecule has 0 saturated carbocycles. The number of nitrogens with zero attached hydrogens (tertiary/aromatic N) is 2. The SMILES string of the molecule is NCC1=C(CNC(=O)[C@@H]2CCN2C(=O)[C@@H](CC(=O)N2CCCCC2)NS(=O)Cc2ccccc2)CC=C(Cl)C=C1. The Morgan fingerprint density at radius 1 is 1.07 bits per heavy atom. The molecule has 0 radical (unpaired) electrons. The van der Waals surface area contributed by atoms with Crippen molar-refractivity contribution in [2.24, 2.45) is 5.73 Å². The van der Waals surface area contributed by atoms with E-state index in [0.29, 0.717) is 50.6 Å². The second-order valence-corrected chi connectivity index (χ2v) is 12.0. The minimum Gasteiger partial charge on any atom is -0.351 e. The lowest BCUT2D eigenvalue weighted by Gasteiger charge is -2.41. The maximum absolute atomic E-state index is 13.7. The molecule has 2 heterocycles. The fourth-order valence-corrected chi connectivity index (χ4v) is 6.32. The number of carbonyl (C=O) groups is 3. The number of rotatable bonds is 11. The highest BCUT2D eigenvalue weighted by atomic mass is 35.5. The zero-order chi connectivity index (χ0) is 28.5. The van der Waals surface area contributed by atoms with Gasteiger partial charge < -0.3 is 20.9 Å². The number of piperidine rings is 1. The molecule has 2 saturated heterocycles. The summed E-state index contributed by atoms with van der Waals surface area (Å²) >= 11 is 6.12. The van der Waals surface area contributed by atoms with Crippen LogP contribution in [0, 0.1) is 0 Å². The van der Waals surface area contributed by atoms with Gasteiger partial charge in [-0.1, -0.05) is 54.1 Å². The number of allylic oxidation sites excluding steroid dienone is 3. The maximum atomic E-state index is 13.7. The number of amides is 3. The van der Waals surface area contributed by atoms with Crippen molar-refractivity contribution in [1.82, 2.24) is 19.8 Å². The topological polar surface area (TPSA) is 125 Å². The van der Waals surface area contributed by atoms with Gasteiger partial charge in [0.15, 0.2) is 0 Å². The molecule has 40 heavy (non-hydrogen) atoms. The van der Waals surface area contributed by atoms with Gasteiger partial charge in [0.1, 0.15) is 12.1 Å². The first-order valence-corrected chi connectivity index (χ1v) is 15.5. The van der Waals surface area contributed by atoms with E-state index in [9.17, 15) is 18.6 Å². The van der Waals surface area contributed by atoms with Crippen LogP contribution in [0.3, 0.4) is 0 Å². The molecule has 1 unspecified atom stereocenters. The summed E-state index contributed by atoms with van der Waals surface area (Å²) in [7, 11) is -1.59. The smallest absolute Gasteiger partial charge is 0.243 e. The van der Waals surface area contributed by atoms with Crippen LogP contribution in [0.4, 0.5) is 0 Å².